The predicted octanol–water partition coefficient (Wildman–Crippen LogP) is 3.75. The molecular formula is C22H19FN4O4S. The van der Waals surface area contributed by atoms with Crippen molar-refractivity contribution in [2.75, 3.05) is 4.72 Å². The molecule has 4 aromatic rings. The summed E-state index contributed by atoms with van der Waals surface area (Å²) < 4.78 is 48.5. The third-order valence-corrected chi connectivity index (χ3v) is 6.41. The molecule has 0 bridgehead atoms. The fourth-order valence-corrected chi connectivity index (χ4v) is 4.64. The number of anilines is 1. The first-order valence-electron chi connectivity index (χ1n) is 9.59. The molecule has 2 aromatic heterocycles. The van der Waals surface area contributed by atoms with Crippen LogP contribution < -0.4 is 10.3 Å². The number of nitrogens with one attached hydrogen (secondary N) is 1. The molecule has 2 aromatic carbocycles. The highest BCUT2D eigenvalue weighted by molar-refractivity contribution is 7.92. The van der Waals surface area contributed by atoms with E-state index in [4.69, 9.17) is 4.52 Å². The molecule has 8 nitrogen and oxygen atoms in total. The fourth-order valence-electron chi connectivity index (χ4n) is 3.30. The maximum absolute atomic E-state index is 14.0. The Bertz CT molecular complexity index is 1470. The van der Waals surface area contributed by atoms with Crippen molar-refractivity contribution in [3.05, 3.63) is 87.8 Å². The summed E-state index contributed by atoms with van der Waals surface area (Å²) in [6, 6.07) is 13.1. The van der Waals surface area contributed by atoms with Gasteiger partial charge in [0, 0.05) is 11.6 Å². The summed E-state index contributed by atoms with van der Waals surface area (Å²) >= 11 is 0. The number of hydrogen-bond acceptors (Lipinski definition) is 6. The second-order valence-electron chi connectivity index (χ2n) is 7.21. The monoisotopic (exact) mass is 454 g/mol. The first-order chi connectivity index (χ1) is 15.2. The number of para-hydroxylation sites is 1. The lowest BCUT2D eigenvalue weighted by Gasteiger charge is -2.13. The van der Waals surface area contributed by atoms with Crippen LogP contribution in [0.2, 0.25) is 0 Å². The Kier molecular flexibility index (Phi) is 5.39. The Labute approximate surface area is 183 Å². The maximum Gasteiger partial charge on any atom is 0.271 e. The van der Waals surface area contributed by atoms with E-state index in [0.717, 1.165) is 0 Å². The number of nitrogens with zero attached hydrogens (tertiary/aromatic N) is 3. The van der Waals surface area contributed by atoms with Gasteiger partial charge in [0.1, 0.15) is 17.2 Å². The maximum atomic E-state index is 14.0. The smallest absolute Gasteiger partial charge is 0.271 e. The third kappa shape index (κ3) is 3.92. The van der Waals surface area contributed by atoms with Gasteiger partial charge in [-0.05, 0) is 50.6 Å². The molecule has 2 heterocycles. The summed E-state index contributed by atoms with van der Waals surface area (Å²) in [4.78, 5) is 12.4. The van der Waals surface area contributed by atoms with E-state index < -0.39 is 15.8 Å². The van der Waals surface area contributed by atoms with E-state index in [1.807, 2.05) is 0 Å². The normalized spacial score (nSPS) is 11.5. The molecule has 0 aliphatic carbocycles. The first kappa shape index (κ1) is 21.4. The molecule has 10 heteroatoms. The van der Waals surface area contributed by atoms with Gasteiger partial charge in [0.15, 0.2) is 5.76 Å². The van der Waals surface area contributed by atoms with Crippen LogP contribution in [0.25, 0.3) is 16.9 Å². The molecule has 0 atom stereocenters. The predicted molar refractivity (Wildman–Crippen MR) is 117 cm³/mol. The molecule has 0 fully saturated rings. The van der Waals surface area contributed by atoms with Crippen molar-refractivity contribution in [1.29, 1.82) is 0 Å². The second kappa shape index (κ2) is 8.04. The minimum atomic E-state index is -4.08. The summed E-state index contributed by atoms with van der Waals surface area (Å²) in [6.45, 7) is 5.00. The number of halogens is 1. The molecule has 0 spiro atoms. The Balaban J connectivity index is 1.79. The number of aryl methyl sites for hydroxylation is 3. The average molecular weight is 454 g/mol. The van der Waals surface area contributed by atoms with Crippen molar-refractivity contribution < 1.29 is 17.3 Å². The highest BCUT2D eigenvalue weighted by Crippen LogP contribution is 2.26. The molecule has 0 unspecified atom stereocenters. The van der Waals surface area contributed by atoms with Gasteiger partial charge in [0.05, 0.1) is 16.3 Å². The van der Waals surface area contributed by atoms with Crippen molar-refractivity contribution in [2.24, 2.45) is 0 Å². The van der Waals surface area contributed by atoms with Crippen LogP contribution in [0.1, 0.15) is 17.0 Å². The van der Waals surface area contributed by atoms with Crippen LogP contribution in [0.3, 0.4) is 0 Å². The Hall–Kier alpha value is -3.79. The van der Waals surface area contributed by atoms with Crippen molar-refractivity contribution in [3.63, 3.8) is 0 Å². The highest BCUT2D eigenvalue weighted by atomic mass is 32.2. The van der Waals surface area contributed by atoms with Gasteiger partial charge in [-0.15, -0.1) is 0 Å². The van der Waals surface area contributed by atoms with E-state index in [1.54, 1.807) is 32.9 Å². The SMILES string of the molecule is Cc1ccc(-c2ccc(=O)n(-c3c(C)noc3C)n2)cc1S(=O)(=O)Nc1ccccc1F. The molecule has 4 rings (SSSR count). The minimum absolute atomic E-state index is 0.0323. The summed E-state index contributed by atoms with van der Waals surface area (Å²) in [5, 5.41) is 8.23. The number of hydrogen-bond donors (Lipinski definition) is 1. The van der Waals surface area contributed by atoms with E-state index >= 15 is 0 Å². The highest BCUT2D eigenvalue weighted by Gasteiger charge is 2.21. The Morgan fingerprint density at radius 2 is 1.78 bits per heavy atom. The van der Waals surface area contributed by atoms with Crippen molar-refractivity contribution in [1.82, 2.24) is 14.9 Å². The summed E-state index contributed by atoms with van der Waals surface area (Å²) in [6.07, 6.45) is 0. The van der Waals surface area contributed by atoms with Crippen LogP contribution >= 0.6 is 0 Å². The zero-order valence-corrected chi connectivity index (χ0v) is 18.3. The molecule has 0 aliphatic heterocycles. The molecular weight excluding hydrogens is 435 g/mol. The molecule has 164 valence electrons. The van der Waals surface area contributed by atoms with E-state index in [2.05, 4.69) is 15.0 Å². The van der Waals surface area contributed by atoms with E-state index in [-0.39, 0.29) is 16.1 Å². The van der Waals surface area contributed by atoms with Gasteiger partial charge < -0.3 is 4.52 Å². The van der Waals surface area contributed by atoms with Gasteiger partial charge in [0.2, 0.25) is 0 Å². The second-order valence-corrected chi connectivity index (χ2v) is 8.86. The molecule has 0 saturated heterocycles. The lowest BCUT2D eigenvalue weighted by molar-refractivity contribution is 0.392. The van der Waals surface area contributed by atoms with Crippen LogP contribution in [0, 0.1) is 26.6 Å². The van der Waals surface area contributed by atoms with Gasteiger partial charge in [-0.3, -0.25) is 9.52 Å². The van der Waals surface area contributed by atoms with E-state index in [0.29, 0.717) is 34.0 Å². The Morgan fingerprint density at radius 3 is 2.47 bits per heavy atom. The van der Waals surface area contributed by atoms with E-state index in [1.165, 1.54) is 47.1 Å². The lowest BCUT2D eigenvalue weighted by Crippen LogP contribution is -2.21. The molecule has 0 aliphatic rings. The quantitative estimate of drug-likeness (QED) is 0.492. The first-order valence-corrected chi connectivity index (χ1v) is 11.1. The van der Waals surface area contributed by atoms with Crippen molar-refractivity contribution in [3.8, 4) is 16.9 Å². The van der Waals surface area contributed by atoms with Gasteiger partial charge >= 0.3 is 0 Å². The third-order valence-electron chi connectivity index (χ3n) is 4.90. The number of sulfonamides is 1. The molecule has 1 N–H and O–H groups in total. The largest absolute Gasteiger partial charge is 0.359 e. The van der Waals surface area contributed by atoms with Crippen LogP contribution in [0.5, 0.6) is 0 Å². The molecule has 0 saturated carbocycles. The summed E-state index contributed by atoms with van der Waals surface area (Å²) in [5.41, 5.74) is 1.69. The minimum Gasteiger partial charge on any atom is -0.359 e. The molecule has 0 radical (unpaired) electrons. The zero-order valence-electron chi connectivity index (χ0n) is 17.5. The standard InChI is InChI=1S/C22H19FN4O4S/c1-13-8-9-16(12-20(13)32(29,30)26-19-7-5-4-6-17(19)23)18-10-11-21(28)27(24-18)22-14(2)25-31-15(22)3/h4-12,26H,1-3H3. The van der Waals surface area contributed by atoms with Crippen LogP contribution in [-0.4, -0.2) is 23.4 Å². The summed E-state index contributed by atoms with van der Waals surface area (Å²) in [5.74, 6) is -0.256. The fraction of sp³-hybridized carbons (Fsp3) is 0.136. The lowest BCUT2D eigenvalue weighted by atomic mass is 10.1. The molecule has 0 amide bonds. The van der Waals surface area contributed by atoms with Crippen LogP contribution in [-0.2, 0) is 10.0 Å². The van der Waals surface area contributed by atoms with Gasteiger partial charge in [-0.1, -0.05) is 29.4 Å². The van der Waals surface area contributed by atoms with E-state index in [9.17, 15) is 17.6 Å². The van der Waals surface area contributed by atoms with Crippen LogP contribution in [0.15, 0.2) is 68.8 Å². The van der Waals surface area contributed by atoms with Gasteiger partial charge in [-0.25, -0.2) is 12.8 Å². The number of aromatic nitrogens is 3. The van der Waals surface area contributed by atoms with Crippen molar-refractivity contribution in [2.45, 2.75) is 25.7 Å². The van der Waals surface area contributed by atoms with Crippen LogP contribution in [0.4, 0.5) is 10.1 Å². The Morgan fingerprint density at radius 1 is 1.03 bits per heavy atom. The summed E-state index contributed by atoms with van der Waals surface area (Å²) in [7, 11) is -4.08. The molecule has 32 heavy (non-hydrogen) atoms. The van der Waals surface area contributed by atoms with Crippen molar-refractivity contribution >= 4 is 15.7 Å². The number of rotatable bonds is 5. The average Bonchev–Trinajstić information content (AvgIpc) is 3.08. The number of benzene rings is 2. The van der Waals surface area contributed by atoms with Gasteiger partial charge in [0.25, 0.3) is 15.6 Å². The van der Waals surface area contributed by atoms with Gasteiger partial charge in [-0.2, -0.15) is 9.78 Å². The topological polar surface area (TPSA) is 107 Å². The zero-order chi connectivity index (χ0) is 23.0.